The van der Waals surface area contributed by atoms with E-state index in [1.807, 2.05) is 12.4 Å². The molecule has 1 aliphatic rings. The van der Waals surface area contributed by atoms with Crippen LogP contribution in [0.2, 0.25) is 0 Å². The summed E-state index contributed by atoms with van der Waals surface area (Å²) in [5, 5.41) is 13.0. The van der Waals surface area contributed by atoms with Crippen LogP contribution in [0.5, 0.6) is 0 Å². The van der Waals surface area contributed by atoms with Crippen LogP contribution < -0.4 is 5.32 Å². The molecule has 0 aromatic carbocycles. The van der Waals surface area contributed by atoms with E-state index >= 15 is 0 Å². The molecule has 1 aliphatic carbocycles. The van der Waals surface area contributed by atoms with Gasteiger partial charge in [0.25, 0.3) is 0 Å². The Morgan fingerprint density at radius 1 is 1.38 bits per heavy atom. The predicted molar refractivity (Wildman–Crippen MR) is 63.4 cm³/mol. The van der Waals surface area contributed by atoms with E-state index in [2.05, 4.69) is 29.1 Å². The first-order valence-corrected chi connectivity index (χ1v) is 5.87. The molecule has 0 saturated heterocycles. The summed E-state index contributed by atoms with van der Waals surface area (Å²) in [4.78, 5) is 8.46. The Labute approximate surface area is 96.1 Å². The molecule has 16 heavy (non-hydrogen) atoms. The summed E-state index contributed by atoms with van der Waals surface area (Å²) in [7, 11) is 0. The van der Waals surface area contributed by atoms with Gasteiger partial charge in [0.1, 0.15) is 0 Å². The van der Waals surface area contributed by atoms with Crippen LogP contribution in [0.25, 0.3) is 0 Å². The summed E-state index contributed by atoms with van der Waals surface area (Å²) < 4.78 is 0. The Bertz CT molecular complexity index is 344. The Morgan fingerprint density at radius 2 is 2.00 bits per heavy atom. The van der Waals surface area contributed by atoms with Crippen LogP contribution in [0.3, 0.4) is 0 Å². The van der Waals surface area contributed by atoms with Crippen LogP contribution in [0, 0.1) is 0 Å². The minimum atomic E-state index is -0.528. The molecule has 4 nitrogen and oxygen atoms in total. The number of anilines is 1. The van der Waals surface area contributed by atoms with Crippen molar-refractivity contribution in [2.75, 3.05) is 11.9 Å². The molecule has 0 unspecified atom stereocenters. The van der Waals surface area contributed by atoms with Crippen molar-refractivity contribution in [1.29, 1.82) is 0 Å². The maximum absolute atomic E-state index is 9.90. The summed E-state index contributed by atoms with van der Waals surface area (Å²) in [6, 6.07) is 0. The largest absolute Gasteiger partial charge is 0.388 e. The molecule has 2 rings (SSSR count). The highest BCUT2D eigenvalue weighted by Gasteiger charge is 2.34. The maximum Gasteiger partial charge on any atom is 0.222 e. The summed E-state index contributed by atoms with van der Waals surface area (Å²) in [5.74, 6) is 1.05. The van der Waals surface area contributed by atoms with Gasteiger partial charge in [-0.15, -0.1) is 0 Å². The van der Waals surface area contributed by atoms with Crippen LogP contribution in [0.4, 0.5) is 5.95 Å². The van der Waals surface area contributed by atoms with Crippen molar-refractivity contribution in [3.05, 3.63) is 18.0 Å². The van der Waals surface area contributed by atoms with E-state index in [4.69, 9.17) is 0 Å². The zero-order chi connectivity index (χ0) is 11.6. The average molecular weight is 221 g/mol. The van der Waals surface area contributed by atoms with Gasteiger partial charge in [0.05, 0.1) is 5.60 Å². The van der Waals surface area contributed by atoms with Gasteiger partial charge < -0.3 is 10.4 Å². The molecule has 4 heteroatoms. The molecule has 0 radical (unpaired) electrons. The second-order valence-corrected chi connectivity index (χ2v) is 4.93. The van der Waals surface area contributed by atoms with Gasteiger partial charge in [0.15, 0.2) is 0 Å². The number of aromatic nitrogens is 2. The number of aliphatic hydroxyl groups is 1. The van der Waals surface area contributed by atoms with E-state index in [1.54, 1.807) is 0 Å². The van der Waals surface area contributed by atoms with Gasteiger partial charge in [-0.3, -0.25) is 0 Å². The lowest BCUT2D eigenvalue weighted by Gasteiger charge is -2.36. The van der Waals surface area contributed by atoms with Gasteiger partial charge in [-0.25, -0.2) is 9.97 Å². The van der Waals surface area contributed by atoms with Crippen LogP contribution in [0.15, 0.2) is 12.4 Å². The van der Waals surface area contributed by atoms with Crippen molar-refractivity contribution >= 4 is 5.95 Å². The maximum atomic E-state index is 9.90. The Hall–Kier alpha value is -1.16. The van der Waals surface area contributed by atoms with Gasteiger partial charge in [-0.2, -0.15) is 0 Å². The lowest BCUT2D eigenvalue weighted by atomic mass is 9.80. The van der Waals surface area contributed by atoms with E-state index in [1.165, 1.54) is 0 Å². The third kappa shape index (κ3) is 2.50. The molecular formula is C12H19N3O. The molecule has 1 aromatic rings. The number of nitrogens with zero attached hydrogens (tertiary/aromatic N) is 2. The van der Waals surface area contributed by atoms with Crippen LogP contribution in [-0.2, 0) is 0 Å². The van der Waals surface area contributed by atoms with E-state index in [0.717, 1.165) is 24.8 Å². The minimum absolute atomic E-state index is 0.449. The Balaban J connectivity index is 1.90. The lowest BCUT2D eigenvalue weighted by Crippen LogP contribution is -2.43. The van der Waals surface area contributed by atoms with Crippen LogP contribution in [0.1, 0.15) is 44.6 Å². The molecule has 2 N–H and O–H groups in total. The SMILES string of the molecule is CC(C)c1cnc(NCC2(O)CCC2)nc1. The molecule has 0 atom stereocenters. The molecule has 0 aliphatic heterocycles. The highest BCUT2D eigenvalue weighted by Crippen LogP contribution is 2.31. The first-order valence-electron chi connectivity index (χ1n) is 5.87. The van der Waals surface area contributed by atoms with Crippen LogP contribution >= 0.6 is 0 Å². The smallest absolute Gasteiger partial charge is 0.222 e. The van der Waals surface area contributed by atoms with E-state index in [0.29, 0.717) is 18.4 Å². The van der Waals surface area contributed by atoms with Crippen molar-refractivity contribution in [3.63, 3.8) is 0 Å². The fourth-order valence-corrected chi connectivity index (χ4v) is 1.73. The molecule has 88 valence electrons. The number of rotatable bonds is 4. The zero-order valence-electron chi connectivity index (χ0n) is 9.90. The molecule has 1 fully saturated rings. The number of hydrogen-bond donors (Lipinski definition) is 2. The summed E-state index contributed by atoms with van der Waals surface area (Å²) in [5.41, 5.74) is 0.605. The second-order valence-electron chi connectivity index (χ2n) is 4.93. The standard InChI is InChI=1S/C12H19N3O/c1-9(2)10-6-13-11(14-7-10)15-8-12(16)4-3-5-12/h6-7,9,16H,3-5,8H2,1-2H3,(H,13,14,15). The van der Waals surface area contributed by atoms with E-state index < -0.39 is 5.60 Å². The normalized spacial score (nSPS) is 18.2. The first-order chi connectivity index (χ1) is 7.59. The molecular weight excluding hydrogens is 202 g/mol. The highest BCUT2D eigenvalue weighted by atomic mass is 16.3. The van der Waals surface area contributed by atoms with E-state index in [-0.39, 0.29) is 0 Å². The fraction of sp³-hybridized carbons (Fsp3) is 0.667. The van der Waals surface area contributed by atoms with Gasteiger partial charge >= 0.3 is 0 Å². The van der Waals surface area contributed by atoms with Crippen molar-refractivity contribution in [2.24, 2.45) is 0 Å². The Kier molecular flexibility index (Phi) is 3.10. The molecule has 1 heterocycles. The topological polar surface area (TPSA) is 58.0 Å². The highest BCUT2D eigenvalue weighted by molar-refractivity contribution is 5.26. The number of nitrogens with one attached hydrogen (secondary N) is 1. The molecule has 0 amide bonds. The molecule has 1 saturated carbocycles. The second kappa shape index (κ2) is 4.37. The molecule has 0 spiro atoms. The average Bonchev–Trinajstić information content (AvgIpc) is 2.24. The van der Waals surface area contributed by atoms with Crippen LogP contribution in [-0.4, -0.2) is 27.2 Å². The van der Waals surface area contributed by atoms with E-state index in [9.17, 15) is 5.11 Å². The van der Waals surface area contributed by atoms with Crippen molar-refractivity contribution in [3.8, 4) is 0 Å². The third-order valence-corrected chi connectivity index (χ3v) is 3.20. The monoisotopic (exact) mass is 221 g/mol. The van der Waals surface area contributed by atoms with Crippen molar-refractivity contribution < 1.29 is 5.11 Å². The summed E-state index contributed by atoms with van der Waals surface area (Å²) in [6.45, 7) is 4.78. The Morgan fingerprint density at radius 3 is 2.44 bits per heavy atom. The zero-order valence-corrected chi connectivity index (χ0v) is 9.90. The summed E-state index contributed by atoms with van der Waals surface area (Å²) >= 11 is 0. The number of hydrogen-bond acceptors (Lipinski definition) is 4. The first kappa shape index (κ1) is 11.3. The van der Waals surface area contributed by atoms with Gasteiger partial charge in [-0.1, -0.05) is 13.8 Å². The van der Waals surface area contributed by atoms with Gasteiger partial charge in [0.2, 0.25) is 5.95 Å². The van der Waals surface area contributed by atoms with Crippen molar-refractivity contribution in [1.82, 2.24) is 9.97 Å². The summed E-state index contributed by atoms with van der Waals surface area (Å²) in [6.07, 6.45) is 6.55. The fourth-order valence-electron chi connectivity index (χ4n) is 1.73. The molecule has 1 aromatic heterocycles. The quantitative estimate of drug-likeness (QED) is 0.815. The predicted octanol–water partition coefficient (Wildman–Crippen LogP) is 1.93. The van der Waals surface area contributed by atoms with Crippen molar-refractivity contribution in [2.45, 2.75) is 44.6 Å². The minimum Gasteiger partial charge on any atom is -0.388 e. The molecule has 0 bridgehead atoms. The third-order valence-electron chi connectivity index (χ3n) is 3.20. The van der Waals surface area contributed by atoms with Gasteiger partial charge in [0, 0.05) is 18.9 Å². The van der Waals surface area contributed by atoms with Gasteiger partial charge in [-0.05, 0) is 30.7 Å². The lowest BCUT2D eigenvalue weighted by molar-refractivity contribution is -0.0203.